The minimum Gasteiger partial charge on any atom is -0.494 e. The van der Waals surface area contributed by atoms with Crippen LogP contribution in [0.2, 0.25) is 0 Å². The van der Waals surface area contributed by atoms with E-state index in [2.05, 4.69) is 0 Å². The van der Waals surface area contributed by atoms with Crippen LogP contribution in [0.1, 0.15) is 12.5 Å². The summed E-state index contributed by atoms with van der Waals surface area (Å²) in [6, 6.07) is 12.5. The Kier molecular flexibility index (Phi) is 4.68. The van der Waals surface area contributed by atoms with E-state index < -0.39 is 0 Å². The summed E-state index contributed by atoms with van der Waals surface area (Å²) < 4.78 is 18.8. The maximum atomic E-state index is 13.2. The highest BCUT2D eigenvalue weighted by atomic mass is 32.2. The van der Waals surface area contributed by atoms with Gasteiger partial charge in [-0.25, -0.2) is 4.39 Å². The normalized spacial score (nSPS) is 10.4. The molecule has 0 aliphatic heterocycles. The smallest absolute Gasteiger partial charge is 0.126 e. The van der Waals surface area contributed by atoms with E-state index >= 15 is 0 Å². The number of nitrogens with two attached hydrogens (primary N) is 1. The van der Waals surface area contributed by atoms with Crippen molar-refractivity contribution in [3.05, 3.63) is 53.8 Å². The largest absolute Gasteiger partial charge is 0.494 e. The van der Waals surface area contributed by atoms with Crippen LogP contribution in [0, 0.1) is 5.82 Å². The minimum atomic E-state index is -0.305. The summed E-state index contributed by atoms with van der Waals surface area (Å²) in [5.74, 6) is 1.29. The molecule has 0 aromatic heterocycles. The number of hydrogen-bond donors (Lipinski definition) is 1. The topological polar surface area (TPSA) is 35.2 Å². The number of para-hydroxylation sites is 1. The fraction of sp³-hybridized carbons (Fsp3) is 0.200. The number of ether oxygens (including phenoxy) is 1. The first-order valence-corrected chi connectivity index (χ1v) is 7.07. The van der Waals surface area contributed by atoms with E-state index in [9.17, 15) is 4.39 Å². The van der Waals surface area contributed by atoms with Gasteiger partial charge < -0.3 is 10.5 Å². The van der Waals surface area contributed by atoms with Crippen LogP contribution in [0.25, 0.3) is 0 Å². The number of rotatable bonds is 5. The van der Waals surface area contributed by atoms with Gasteiger partial charge in [-0.05, 0) is 31.2 Å². The number of nitrogen functional groups attached to an aromatic ring is 1. The molecule has 0 fully saturated rings. The summed E-state index contributed by atoms with van der Waals surface area (Å²) in [4.78, 5) is 0.823. The van der Waals surface area contributed by atoms with Gasteiger partial charge in [0.25, 0.3) is 0 Å². The molecule has 0 unspecified atom stereocenters. The summed E-state index contributed by atoms with van der Waals surface area (Å²) in [5, 5.41) is 0. The van der Waals surface area contributed by atoms with E-state index in [1.807, 2.05) is 31.2 Å². The van der Waals surface area contributed by atoms with Gasteiger partial charge in [-0.1, -0.05) is 18.2 Å². The number of benzene rings is 2. The molecule has 19 heavy (non-hydrogen) atoms. The molecule has 2 aromatic rings. The summed E-state index contributed by atoms with van der Waals surface area (Å²) in [6.07, 6.45) is 0. The number of thioether (sulfide) groups is 1. The van der Waals surface area contributed by atoms with Crippen molar-refractivity contribution in [2.24, 2.45) is 0 Å². The zero-order valence-corrected chi connectivity index (χ0v) is 11.5. The van der Waals surface area contributed by atoms with Gasteiger partial charge in [0.05, 0.1) is 6.61 Å². The molecule has 0 spiro atoms. The molecule has 0 heterocycles. The van der Waals surface area contributed by atoms with Crippen LogP contribution in [0.15, 0.2) is 47.4 Å². The van der Waals surface area contributed by atoms with Crippen LogP contribution in [0.3, 0.4) is 0 Å². The highest BCUT2D eigenvalue weighted by molar-refractivity contribution is 7.98. The van der Waals surface area contributed by atoms with Crippen molar-refractivity contribution in [1.82, 2.24) is 0 Å². The maximum Gasteiger partial charge on any atom is 0.126 e. The first kappa shape index (κ1) is 13.7. The second-order valence-corrected chi connectivity index (χ2v) is 5.10. The van der Waals surface area contributed by atoms with Crippen LogP contribution in [-0.4, -0.2) is 6.61 Å². The second-order valence-electron chi connectivity index (χ2n) is 4.05. The molecule has 0 radical (unpaired) electrons. The van der Waals surface area contributed by atoms with Crippen molar-refractivity contribution >= 4 is 17.4 Å². The zero-order chi connectivity index (χ0) is 13.7. The third kappa shape index (κ3) is 3.89. The van der Waals surface area contributed by atoms with E-state index in [-0.39, 0.29) is 5.82 Å². The van der Waals surface area contributed by atoms with Gasteiger partial charge in [0.15, 0.2) is 0 Å². The molecule has 2 nitrogen and oxygen atoms in total. The average molecular weight is 277 g/mol. The molecule has 0 atom stereocenters. The summed E-state index contributed by atoms with van der Waals surface area (Å²) in [7, 11) is 0. The highest BCUT2D eigenvalue weighted by Gasteiger charge is 2.05. The van der Waals surface area contributed by atoms with Crippen LogP contribution in [0.5, 0.6) is 5.75 Å². The molecule has 2 aromatic carbocycles. The Morgan fingerprint density at radius 1 is 1.21 bits per heavy atom. The molecule has 0 aliphatic rings. The molecular formula is C15H16FNOS. The Hall–Kier alpha value is -1.68. The predicted molar refractivity (Wildman–Crippen MR) is 78.0 cm³/mol. The molecular weight excluding hydrogens is 261 g/mol. The fourth-order valence-corrected chi connectivity index (χ4v) is 2.72. The van der Waals surface area contributed by atoms with Crippen LogP contribution < -0.4 is 10.5 Å². The van der Waals surface area contributed by atoms with Crippen LogP contribution >= 0.6 is 11.8 Å². The second kappa shape index (κ2) is 6.48. The first-order valence-electron chi connectivity index (χ1n) is 6.08. The number of hydrogen-bond acceptors (Lipinski definition) is 3. The molecule has 100 valence electrons. The lowest BCUT2D eigenvalue weighted by Gasteiger charge is -2.10. The Bertz CT molecular complexity index is 539. The molecule has 0 amide bonds. The third-order valence-electron chi connectivity index (χ3n) is 2.56. The summed E-state index contributed by atoms with van der Waals surface area (Å²) >= 11 is 1.54. The van der Waals surface area contributed by atoms with Gasteiger partial charge >= 0.3 is 0 Å². The van der Waals surface area contributed by atoms with E-state index in [0.29, 0.717) is 12.3 Å². The Morgan fingerprint density at radius 2 is 2.00 bits per heavy atom. The molecule has 2 rings (SSSR count). The minimum absolute atomic E-state index is 0.305. The van der Waals surface area contributed by atoms with E-state index in [0.717, 1.165) is 22.0 Å². The fourth-order valence-electron chi connectivity index (χ4n) is 1.75. The predicted octanol–water partition coefficient (Wildman–Crippen LogP) is 4.10. The molecule has 0 bridgehead atoms. The average Bonchev–Trinajstić information content (AvgIpc) is 2.37. The van der Waals surface area contributed by atoms with Crippen molar-refractivity contribution in [2.75, 3.05) is 12.3 Å². The molecule has 0 aliphatic carbocycles. The summed E-state index contributed by atoms with van der Waals surface area (Å²) in [6.45, 7) is 2.59. The standard InChI is InChI=1S/C15H16FNOS/c1-2-18-15-6-4-3-5-11(15)10-19-14-8-12(16)7-13(17)9-14/h3-9H,2,10,17H2,1H3. The Labute approximate surface area is 116 Å². The van der Waals surface area contributed by atoms with Gasteiger partial charge in [0.2, 0.25) is 0 Å². The molecule has 2 N–H and O–H groups in total. The van der Waals surface area contributed by atoms with Gasteiger partial charge in [0.1, 0.15) is 11.6 Å². The third-order valence-corrected chi connectivity index (χ3v) is 3.58. The summed E-state index contributed by atoms with van der Waals surface area (Å²) in [5.41, 5.74) is 7.17. The van der Waals surface area contributed by atoms with Crippen molar-refractivity contribution < 1.29 is 9.13 Å². The SMILES string of the molecule is CCOc1ccccc1CSc1cc(N)cc(F)c1. The van der Waals surface area contributed by atoms with E-state index in [1.165, 1.54) is 12.1 Å². The van der Waals surface area contributed by atoms with Crippen LogP contribution in [0.4, 0.5) is 10.1 Å². The first-order chi connectivity index (χ1) is 9.19. The van der Waals surface area contributed by atoms with Crippen molar-refractivity contribution in [3.63, 3.8) is 0 Å². The van der Waals surface area contributed by atoms with Crippen LogP contribution in [-0.2, 0) is 5.75 Å². The van der Waals surface area contributed by atoms with Crippen molar-refractivity contribution in [1.29, 1.82) is 0 Å². The van der Waals surface area contributed by atoms with Gasteiger partial charge in [-0.15, -0.1) is 11.8 Å². The zero-order valence-electron chi connectivity index (χ0n) is 10.7. The highest BCUT2D eigenvalue weighted by Crippen LogP contribution is 2.29. The van der Waals surface area contributed by atoms with Crippen molar-refractivity contribution in [2.45, 2.75) is 17.6 Å². The number of anilines is 1. The van der Waals surface area contributed by atoms with Crippen molar-refractivity contribution in [3.8, 4) is 5.75 Å². The van der Waals surface area contributed by atoms with Gasteiger partial charge in [-0.3, -0.25) is 0 Å². The van der Waals surface area contributed by atoms with E-state index in [1.54, 1.807) is 17.8 Å². The lowest BCUT2D eigenvalue weighted by molar-refractivity contribution is 0.337. The van der Waals surface area contributed by atoms with Gasteiger partial charge in [-0.2, -0.15) is 0 Å². The lowest BCUT2D eigenvalue weighted by Crippen LogP contribution is -1.95. The van der Waals surface area contributed by atoms with E-state index in [4.69, 9.17) is 10.5 Å². The maximum absolute atomic E-state index is 13.2. The molecule has 0 saturated carbocycles. The monoisotopic (exact) mass is 277 g/mol. The quantitative estimate of drug-likeness (QED) is 0.660. The molecule has 0 saturated heterocycles. The lowest BCUT2D eigenvalue weighted by atomic mass is 10.2. The van der Waals surface area contributed by atoms with Gasteiger partial charge in [0, 0.05) is 21.9 Å². The molecule has 4 heteroatoms. The Morgan fingerprint density at radius 3 is 2.74 bits per heavy atom. The Balaban J connectivity index is 2.09. The number of halogens is 1.